The van der Waals surface area contributed by atoms with Gasteiger partial charge in [0.05, 0.1) is 11.5 Å². The summed E-state index contributed by atoms with van der Waals surface area (Å²) in [6.45, 7) is 12.4. The summed E-state index contributed by atoms with van der Waals surface area (Å²) >= 11 is 0. The quantitative estimate of drug-likeness (QED) is 0.572. The average Bonchev–Trinajstić information content (AvgIpc) is 2.66. The highest BCUT2D eigenvalue weighted by Crippen LogP contribution is 2.71. The van der Waals surface area contributed by atoms with Gasteiger partial charge >= 0.3 is 5.97 Å². The minimum atomic E-state index is -0.982. The summed E-state index contributed by atoms with van der Waals surface area (Å²) < 4.78 is 5.75. The Morgan fingerprint density at radius 3 is 2.54 bits per heavy atom. The molecule has 1 spiro atoms. The molecule has 0 unspecified atom stereocenters. The second-order valence-electron chi connectivity index (χ2n) is 10.2. The number of hydrogen-bond donors (Lipinski definition) is 1. The summed E-state index contributed by atoms with van der Waals surface area (Å²) in [6, 6.07) is 0. The van der Waals surface area contributed by atoms with Gasteiger partial charge in [-0.25, -0.2) is 0 Å². The third-order valence-electron chi connectivity index (χ3n) is 8.69. The third kappa shape index (κ3) is 2.00. The van der Waals surface area contributed by atoms with Gasteiger partial charge in [0.25, 0.3) is 0 Å². The highest BCUT2D eigenvalue weighted by atomic mass is 16.5. The van der Waals surface area contributed by atoms with Gasteiger partial charge in [0.15, 0.2) is 5.78 Å². The van der Waals surface area contributed by atoms with E-state index in [-0.39, 0.29) is 34.4 Å². The molecular formula is C22H32O4. The predicted molar refractivity (Wildman–Crippen MR) is 98.2 cm³/mol. The fourth-order valence-corrected chi connectivity index (χ4v) is 7.76. The zero-order chi connectivity index (χ0) is 19.1. The first-order chi connectivity index (χ1) is 12.1. The molecule has 26 heavy (non-hydrogen) atoms. The van der Waals surface area contributed by atoms with E-state index in [1.54, 1.807) is 0 Å². The van der Waals surface area contributed by atoms with Crippen LogP contribution < -0.4 is 0 Å². The molecule has 4 nitrogen and oxygen atoms in total. The fraction of sp³-hybridized carbons (Fsp3) is 0.818. The van der Waals surface area contributed by atoms with E-state index in [4.69, 9.17) is 4.74 Å². The Morgan fingerprint density at radius 2 is 1.88 bits per heavy atom. The van der Waals surface area contributed by atoms with Gasteiger partial charge in [-0.2, -0.15) is 0 Å². The number of aliphatic hydroxyl groups excluding tert-OH is 1. The lowest BCUT2D eigenvalue weighted by Gasteiger charge is -2.65. The van der Waals surface area contributed by atoms with Crippen LogP contribution in [0.4, 0.5) is 0 Å². The highest BCUT2D eigenvalue weighted by molar-refractivity contribution is 6.04. The summed E-state index contributed by atoms with van der Waals surface area (Å²) in [6.07, 6.45) is 4.44. The molecule has 0 amide bonds. The number of aliphatic hydroxyl groups is 1. The maximum atomic E-state index is 13.5. The van der Waals surface area contributed by atoms with Crippen molar-refractivity contribution in [2.45, 2.75) is 78.4 Å². The minimum Gasteiger partial charge on any atom is -0.461 e. The molecule has 7 atom stereocenters. The number of Topliss-reactive ketones (excluding diaryl/α,β-unsaturated/α-hetero) is 1. The van der Waals surface area contributed by atoms with Gasteiger partial charge in [0, 0.05) is 12.8 Å². The zero-order valence-corrected chi connectivity index (χ0v) is 16.5. The van der Waals surface area contributed by atoms with Gasteiger partial charge in [-0.15, -0.1) is 0 Å². The molecule has 144 valence electrons. The lowest BCUT2D eigenvalue weighted by Crippen LogP contribution is -2.67. The van der Waals surface area contributed by atoms with Gasteiger partial charge in [0.1, 0.15) is 6.10 Å². The zero-order valence-electron chi connectivity index (χ0n) is 16.5. The van der Waals surface area contributed by atoms with Crippen molar-refractivity contribution in [2.75, 3.05) is 0 Å². The molecule has 0 aromatic carbocycles. The fourth-order valence-electron chi connectivity index (χ4n) is 7.76. The van der Waals surface area contributed by atoms with Crippen LogP contribution in [-0.4, -0.2) is 29.1 Å². The smallest absolute Gasteiger partial charge is 0.302 e. The normalized spacial score (nSPS) is 49.3. The van der Waals surface area contributed by atoms with Crippen molar-refractivity contribution in [1.29, 1.82) is 0 Å². The third-order valence-corrected chi connectivity index (χ3v) is 8.69. The largest absolute Gasteiger partial charge is 0.461 e. The number of carbonyl (C=O) groups is 2. The number of carbonyl (C=O) groups excluding carboxylic acids is 2. The summed E-state index contributed by atoms with van der Waals surface area (Å²) in [5.41, 5.74) is -0.272. The molecule has 1 N–H and O–H groups in total. The molecule has 4 saturated carbocycles. The predicted octanol–water partition coefficient (Wildman–Crippen LogP) is 3.67. The molecule has 4 aliphatic rings. The number of esters is 1. The van der Waals surface area contributed by atoms with Crippen LogP contribution in [0.5, 0.6) is 0 Å². The van der Waals surface area contributed by atoms with Gasteiger partial charge in [-0.05, 0) is 60.3 Å². The van der Waals surface area contributed by atoms with E-state index in [0.717, 1.165) is 32.1 Å². The van der Waals surface area contributed by atoms with Crippen LogP contribution >= 0.6 is 0 Å². The van der Waals surface area contributed by atoms with Crippen LogP contribution in [0.15, 0.2) is 12.2 Å². The van der Waals surface area contributed by atoms with Crippen LogP contribution in [0.2, 0.25) is 0 Å². The minimum absolute atomic E-state index is 0.00930. The van der Waals surface area contributed by atoms with E-state index in [1.165, 1.54) is 6.92 Å². The SMILES string of the molecule is C=C1C(=O)[C@@]23[C@H](O)C[C@@H]4C(C)(C)CCC[C@@]4(C)[C@@H]2CC[C@@H]1[C@@H]3OC(C)=O. The molecule has 0 heterocycles. The van der Waals surface area contributed by atoms with Crippen molar-refractivity contribution < 1.29 is 19.4 Å². The number of ether oxygens (including phenoxy) is 1. The van der Waals surface area contributed by atoms with Crippen LogP contribution in [0.1, 0.15) is 66.2 Å². The van der Waals surface area contributed by atoms with E-state index < -0.39 is 17.6 Å². The van der Waals surface area contributed by atoms with Crippen molar-refractivity contribution in [3.8, 4) is 0 Å². The van der Waals surface area contributed by atoms with Crippen molar-refractivity contribution in [3.63, 3.8) is 0 Å². The number of hydrogen-bond acceptors (Lipinski definition) is 4. The summed E-state index contributed by atoms with van der Waals surface area (Å²) in [4.78, 5) is 25.3. The van der Waals surface area contributed by atoms with Gasteiger partial charge in [-0.3, -0.25) is 9.59 Å². The summed E-state index contributed by atoms with van der Waals surface area (Å²) in [5.74, 6) is -0.104. The Bertz CT molecular complexity index is 680. The molecular weight excluding hydrogens is 328 g/mol. The maximum Gasteiger partial charge on any atom is 0.302 e. The molecule has 4 aliphatic carbocycles. The van der Waals surface area contributed by atoms with Crippen LogP contribution in [0.3, 0.4) is 0 Å². The van der Waals surface area contributed by atoms with Crippen LogP contribution in [0.25, 0.3) is 0 Å². The molecule has 0 radical (unpaired) electrons. The lowest BCUT2D eigenvalue weighted by atomic mass is 9.40. The first kappa shape index (κ1) is 18.2. The summed E-state index contributed by atoms with van der Waals surface area (Å²) in [5, 5.41) is 11.4. The Balaban J connectivity index is 1.87. The van der Waals surface area contributed by atoms with Crippen molar-refractivity contribution in [1.82, 2.24) is 0 Å². The van der Waals surface area contributed by atoms with Crippen LogP contribution in [0, 0.1) is 34.0 Å². The van der Waals surface area contributed by atoms with Gasteiger partial charge in [0.2, 0.25) is 0 Å². The Morgan fingerprint density at radius 1 is 1.19 bits per heavy atom. The second-order valence-corrected chi connectivity index (χ2v) is 10.2. The molecule has 0 aliphatic heterocycles. The average molecular weight is 360 g/mol. The Kier molecular flexibility index (Phi) is 3.81. The lowest BCUT2D eigenvalue weighted by molar-refractivity contribution is -0.232. The van der Waals surface area contributed by atoms with Crippen molar-refractivity contribution in [3.05, 3.63) is 12.2 Å². The monoisotopic (exact) mass is 360 g/mol. The standard InChI is InChI=1S/C22H32O4/c1-12-14-7-8-15-21(5)10-6-9-20(3,4)16(21)11-17(24)22(15,18(12)25)19(14)26-13(2)23/h14-17,19,24H,1,6-11H2,2-5H3/t14-,15-,16+,17+,19-,21-,22-/m0/s1. The molecule has 0 aromatic heterocycles. The van der Waals surface area contributed by atoms with Gasteiger partial charge in [-0.1, -0.05) is 33.8 Å². The highest BCUT2D eigenvalue weighted by Gasteiger charge is 2.74. The topological polar surface area (TPSA) is 63.6 Å². The molecule has 2 bridgehead atoms. The molecule has 0 saturated heterocycles. The molecule has 0 aromatic rings. The van der Waals surface area contributed by atoms with E-state index in [2.05, 4.69) is 27.4 Å². The van der Waals surface area contributed by atoms with Crippen molar-refractivity contribution in [2.24, 2.45) is 34.0 Å². The number of fused-ring (bicyclic) bond motifs is 3. The van der Waals surface area contributed by atoms with E-state index >= 15 is 0 Å². The second kappa shape index (κ2) is 5.43. The Labute approximate surface area is 156 Å². The van der Waals surface area contributed by atoms with E-state index in [1.807, 2.05) is 0 Å². The first-order valence-electron chi connectivity index (χ1n) is 10.2. The van der Waals surface area contributed by atoms with E-state index in [9.17, 15) is 14.7 Å². The molecule has 4 rings (SSSR count). The molecule has 4 fully saturated rings. The van der Waals surface area contributed by atoms with E-state index in [0.29, 0.717) is 17.9 Å². The maximum absolute atomic E-state index is 13.5. The number of ketones is 1. The number of rotatable bonds is 1. The molecule has 4 heteroatoms. The summed E-state index contributed by atoms with van der Waals surface area (Å²) in [7, 11) is 0. The Hall–Kier alpha value is -1.16. The van der Waals surface area contributed by atoms with Crippen LogP contribution in [-0.2, 0) is 14.3 Å². The first-order valence-corrected chi connectivity index (χ1v) is 10.2. The van der Waals surface area contributed by atoms with Gasteiger partial charge < -0.3 is 9.84 Å². The van der Waals surface area contributed by atoms with Crippen molar-refractivity contribution >= 4 is 11.8 Å².